The third-order valence-electron chi connectivity index (χ3n) is 3.03. The Morgan fingerprint density at radius 2 is 1.68 bits per heavy atom. The lowest BCUT2D eigenvalue weighted by atomic mass is 10.1. The Bertz CT molecular complexity index is 505. The van der Waals surface area contributed by atoms with Gasteiger partial charge in [-0.1, -0.05) is 42.0 Å². The zero-order chi connectivity index (χ0) is 13.7. The van der Waals surface area contributed by atoms with E-state index in [0.29, 0.717) is 6.61 Å². The number of hydrogen-bond donors (Lipinski definition) is 2. The Morgan fingerprint density at radius 3 is 2.26 bits per heavy atom. The molecule has 0 saturated carbocycles. The van der Waals surface area contributed by atoms with E-state index in [1.807, 2.05) is 24.3 Å². The SMILES string of the molecule is Cc1ccc(COc2ccc(C(N)CO)cc2)cc1. The van der Waals surface area contributed by atoms with Crippen molar-refractivity contribution in [3.05, 3.63) is 65.2 Å². The maximum Gasteiger partial charge on any atom is 0.119 e. The number of rotatable bonds is 5. The molecule has 0 amide bonds. The fraction of sp³-hybridized carbons (Fsp3) is 0.250. The highest BCUT2D eigenvalue weighted by Gasteiger charge is 2.04. The standard InChI is InChI=1S/C16H19NO2/c1-12-2-4-13(5-3-12)11-19-15-8-6-14(7-9-15)16(17)10-18/h2-9,16,18H,10-11,17H2,1H3. The van der Waals surface area contributed by atoms with Crippen molar-refractivity contribution in [1.29, 1.82) is 0 Å². The van der Waals surface area contributed by atoms with Gasteiger partial charge in [-0.3, -0.25) is 0 Å². The molecule has 3 nitrogen and oxygen atoms in total. The predicted molar refractivity (Wildman–Crippen MR) is 76.0 cm³/mol. The van der Waals surface area contributed by atoms with E-state index in [-0.39, 0.29) is 12.6 Å². The molecular formula is C16H19NO2. The van der Waals surface area contributed by atoms with Gasteiger partial charge in [0.25, 0.3) is 0 Å². The summed E-state index contributed by atoms with van der Waals surface area (Å²) in [6.45, 7) is 2.56. The molecule has 0 heterocycles. The molecule has 2 rings (SSSR count). The van der Waals surface area contributed by atoms with Crippen LogP contribution in [-0.2, 0) is 6.61 Å². The summed E-state index contributed by atoms with van der Waals surface area (Å²) in [5.41, 5.74) is 9.02. The molecule has 0 radical (unpaired) electrons. The predicted octanol–water partition coefficient (Wildman–Crippen LogP) is 2.57. The van der Waals surface area contributed by atoms with Crippen LogP contribution < -0.4 is 10.5 Å². The Balaban J connectivity index is 1.94. The van der Waals surface area contributed by atoms with Gasteiger partial charge in [-0.2, -0.15) is 0 Å². The highest BCUT2D eigenvalue weighted by atomic mass is 16.5. The first-order chi connectivity index (χ1) is 9.19. The molecule has 0 aliphatic carbocycles. The first kappa shape index (κ1) is 13.6. The topological polar surface area (TPSA) is 55.5 Å². The second-order valence-corrected chi connectivity index (χ2v) is 4.63. The van der Waals surface area contributed by atoms with Crippen molar-refractivity contribution >= 4 is 0 Å². The van der Waals surface area contributed by atoms with Gasteiger partial charge in [0.05, 0.1) is 12.6 Å². The highest BCUT2D eigenvalue weighted by molar-refractivity contribution is 5.29. The molecule has 100 valence electrons. The van der Waals surface area contributed by atoms with E-state index in [0.717, 1.165) is 16.9 Å². The van der Waals surface area contributed by atoms with Crippen molar-refractivity contribution in [2.24, 2.45) is 5.73 Å². The van der Waals surface area contributed by atoms with E-state index in [1.165, 1.54) is 5.56 Å². The van der Waals surface area contributed by atoms with E-state index in [9.17, 15) is 0 Å². The summed E-state index contributed by atoms with van der Waals surface area (Å²) in [6, 6.07) is 15.4. The maximum atomic E-state index is 8.98. The van der Waals surface area contributed by atoms with Crippen LogP contribution in [-0.4, -0.2) is 11.7 Å². The van der Waals surface area contributed by atoms with Crippen LogP contribution in [0.5, 0.6) is 5.75 Å². The van der Waals surface area contributed by atoms with Gasteiger partial charge in [0.1, 0.15) is 12.4 Å². The number of ether oxygens (including phenoxy) is 1. The first-order valence-electron chi connectivity index (χ1n) is 6.34. The molecule has 1 unspecified atom stereocenters. The second-order valence-electron chi connectivity index (χ2n) is 4.63. The fourth-order valence-corrected chi connectivity index (χ4v) is 1.77. The maximum absolute atomic E-state index is 8.98. The number of aryl methyl sites for hydroxylation is 1. The van der Waals surface area contributed by atoms with E-state index >= 15 is 0 Å². The quantitative estimate of drug-likeness (QED) is 0.865. The summed E-state index contributed by atoms with van der Waals surface area (Å²) in [6.07, 6.45) is 0. The molecule has 0 aromatic heterocycles. The Hall–Kier alpha value is -1.84. The highest BCUT2D eigenvalue weighted by Crippen LogP contribution is 2.17. The van der Waals surface area contributed by atoms with Crippen LogP contribution >= 0.6 is 0 Å². The molecule has 2 aromatic rings. The summed E-state index contributed by atoms with van der Waals surface area (Å²) < 4.78 is 5.70. The fourth-order valence-electron chi connectivity index (χ4n) is 1.77. The summed E-state index contributed by atoms with van der Waals surface area (Å²) >= 11 is 0. The van der Waals surface area contributed by atoms with Crippen LogP contribution in [0.1, 0.15) is 22.7 Å². The van der Waals surface area contributed by atoms with Crippen LogP contribution in [0, 0.1) is 6.92 Å². The Morgan fingerprint density at radius 1 is 1.05 bits per heavy atom. The minimum absolute atomic E-state index is 0.0520. The molecule has 0 fully saturated rings. The molecule has 3 N–H and O–H groups in total. The number of aliphatic hydroxyl groups excluding tert-OH is 1. The first-order valence-corrected chi connectivity index (χ1v) is 6.34. The lowest BCUT2D eigenvalue weighted by Crippen LogP contribution is -2.14. The second kappa shape index (κ2) is 6.36. The minimum Gasteiger partial charge on any atom is -0.489 e. The monoisotopic (exact) mass is 257 g/mol. The van der Waals surface area contributed by atoms with Crippen molar-refractivity contribution in [3.63, 3.8) is 0 Å². The zero-order valence-electron chi connectivity index (χ0n) is 11.0. The molecule has 0 saturated heterocycles. The van der Waals surface area contributed by atoms with Gasteiger partial charge in [-0.15, -0.1) is 0 Å². The van der Waals surface area contributed by atoms with E-state index in [1.54, 1.807) is 0 Å². The van der Waals surface area contributed by atoms with Crippen molar-refractivity contribution in [2.45, 2.75) is 19.6 Å². The third-order valence-corrected chi connectivity index (χ3v) is 3.03. The molecule has 0 bridgehead atoms. The van der Waals surface area contributed by atoms with Crippen LogP contribution in [0.15, 0.2) is 48.5 Å². The molecule has 2 aromatic carbocycles. The Labute approximate surface area is 113 Å². The lowest BCUT2D eigenvalue weighted by Gasteiger charge is -2.10. The van der Waals surface area contributed by atoms with Crippen LogP contribution in [0.4, 0.5) is 0 Å². The zero-order valence-corrected chi connectivity index (χ0v) is 11.0. The molecule has 0 aliphatic rings. The number of aliphatic hydroxyl groups is 1. The summed E-state index contributed by atoms with van der Waals surface area (Å²) in [7, 11) is 0. The van der Waals surface area contributed by atoms with Crippen LogP contribution in [0.3, 0.4) is 0 Å². The summed E-state index contributed by atoms with van der Waals surface area (Å²) in [5, 5.41) is 8.98. The van der Waals surface area contributed by atoms with Gasteiger partial charge in [-0.25, -0.2) is 0 Å². The molecule has 0 spiro atoms. The number of hydrogen-bond acceptors (Lipinski definition) is 3. The smallest absolute Gasteiger partial charge is 0.119 e. The van der Waals surface area contributed by atoms with Crippen molar-refractivity contribution in [1.82, 2.24) is 0 Å². The van der Waals surface area contributed by atoms with Crippen LogP contribution in [0.25, 0.3) is 0 Å². The van der Waals surface area contributed by atoms with Crippen LogP contribution in [0.2, 0.25) is 0 Å². The average Bonchev–Trinajstić information content (AvgIpc) is 2.46. The van der Waals surface area contributed by atoms with Crippen molar-refractivity contribution in [3.8, 4) is 5.75 Å². The van der Waals surface area contributed by atoms with Gasteiger partial charge in [0.15, 0.2) is 0 Å². The van der Waals surface area contributed by atoms with E-state index in [2.05, 4.69) is 31.2 Å². The Kier molecular flexibility index (Phi) is 4.55. The molecule has 3 heteroatoms. The molecule has 19 heavy (non-hydrogen) atoms. The van der Waals surface area contributed by atoms with Gasteiger partial charge < -0.3 is 15.6 Å². The molecular weight excluding hydrogens is 238 g/mol. The molecule has 1 atom stereocenters. The number of nitrogens with two attached hydrogens (primary N) is 1. The lowest BCUT2D eigenvalue weighted by molar-refractivity contribution is 0.267. The van der Waals surface area contributed by atoms with Gasteiger partial charge >= 0.3 is 0 Å². The summed E-state index contributed by atoms with van der Waals surface area (Å²) in [5.74, 6) is 0.800. The van der Waals surface area contributed by atoms with E-state index < -0.39 is 0 Å². The van der Waals surface area contributed by atoms with Gasteiger partial charge in [-0.05, 0) is 30.2 Å². The van der Waals surface area contributed by atoms with E-state index in [4.69, 9.17) is 15.6 Å². The normalized spacial score (nSPS) is 12.2. The molecule has 0 aliphatic heterocycles. The van der Waals surface area contributed by atoms with Gasteiger partial charge in [0.2, 0.25) is 0 Å². The third kappa shape index (κ3) is 3.81. The van der Waals surface area contributed by atoms with Gasteiger partial charge in [0, 0.05) is 0 Å². The summed E-state index contributed by atoms with van der Waals surface area (Å²) in [4.78, 5) is 0. The average molecular weight is 257 g/mol. The number of benzene rings is 2. The van der Waals surface area contributed by atoms with Crippen molar-refractivity contribution in [2.75, 3.05) is 6.61 Å². The minimum atomic E-state index is -0.328. The largest absolute Gasteiger partial charge is 0.489 e. The van der Waals surface area contributed by atoms with Crippen molar-refractivity contribution < 1.29 is 9.84 Å².